The van der Waals surface area contributed by atoms with Crippen molar-refractivity contribution in [3.05, 3.63) is 47.5 Å². The Labute approximate surface area is 184 Å². The molecule has 7 heteroatoms. The van der Waals surface area contributed by atoms with Gasteiger partial charge in [-0.25, -0.2) is 4.98 Å². The summed E-state index contributed by atoms with van der Waals surface area (Å²) in [4.78, 5) is 11.8. The second-order valence-electron chi connectivity index (χ2n) is 7.37. The maximum Gasteiger partial charge on any atom is 0.227 e. The molecule has 1 heterocycles. The van der Waals surface area contributed by atoms with E-state index in [-0.39, 0.29) is 0 Å². The number of aryl methyl sites for hydroxylation is 1. The van der Waals surface area contributed by atoms with Crippen LogP contribution in [0, 0.1) is 6.92 Å². The molecule has 1 aromatic heterocycles. The normalized spacial score (nSPS) is 11.1. The molecule has 164 valence electrons. The third-order valence-electron chi connectivity index (χ3n) is 4.89. The van der Waals surface area contributed by atoms with Gasteiger partial charge < -0.3 is 14.4 Å². The van der Waals surface area contributed by atoms with E-state index in [1.807, 2.05) is 24.3 Å². The highest BCUT2D eigenvalue weighted by Crippen LogP contribution is 2.35. The largest absolute Gasteiger partial charge is 0.493 e. The molecule has 0 aliphatic rings. The number of methoxy groups -OCH3 is 2. The molecule has 3 aromatic rings. The first-order valence-electron chi connectivity index (χ1n) is 10.6. The number of hydrazone groups is 1. The number of anilines is 2. The van der Waals surface area contributed by atoms with Crippen LogP contribution in [-0.4, -0.2) is 43.5 Å². The van der Waals surface area contributed by atoms with Crippen molar-refractivity contribution in [2.24, 2.45) is 5.10 Å². The highest BCUT2D eigenvalue weighted by atomic mass is 16.5. The lowest BCUT2D eigenvalue weighted by Crippen LogP contribution is -2.27. The van der Waals surface area contributed by atoms with E-state index in [4.69, 9.17) is 19.4 Å². The Hall–Kier alpha value is -3.35. The molecule has 0 saturated carbocycles. The molecule has 7 nitrogen and oxygen atoms in total. The Morgan fingerprint density at radius 3 is 2.35 bits per heavy atom. The van der Waals surface area contributed by atoms with Crippen molar-refractivity contribution in [2.45, 2.75) is 33.6 Å². The van der Waals surface area contributed by atoms with E-state index < -0.39 is 0 Å². The fourth-order valence-corrected chi connectivity index (χ4v) is 3.44. The second kappa shape index (κ2) is 10.6. The fraction of sp³-hybridized carbons (Fsp3) is 0.375. The van der Waals surface area contributed by atoms with Crippen molar-refractivity contribution in [1.29, 1.82) is 0 Å². The van der Waals surface area contributed by atoms with E-state index in [0.717, 1.165) is 42.4 Å². The number of aromatic nitrogens is 2. The fourth-order valence-electron chi connectivity index (χ4n) is 3.44. The van der Waals surface area contributed by atoms with Crippen molar-refractivity contribution >= 4 is 28.9 Å². The summed E-state index contributed by atoms with van der Waals surface area (Å²) in [5.41, 5.74) is 6.09. The standard InChI is InChI=1S/C24H31N5O2/c1-6-11-29(12-7-2)24-26-20-15-22(31-5)21(30-4)14-19(20)23(27-24)28-25-16-18-10-8-9-17(3)13-18/h8-10,13-16H,6-7,11-12H2,1-5H3,(H,26,27,28)/b25-16+. The van der Waals surface area contributed by atoms with Crippen LogP contribution in [0.4, 0.5) is 11.8 Å². The van der Waals surface area contributed by atoms with Crippen molar-refractivity contribution < 1.29 is 9.47 Å². The molecule has 0 fully saturated rings. The number of hydrogen-bond donors (Lipinski definition) is 1. The highest BCUT2D eigenvalue weighted by molar-refractivity contribution is 5.93. The number of rotatable bonds is 10. The molecule has 0 spiro atoms. The zero-order chi connectivity index (χ0) is 22.2. The van der Waals surface area contributed by atoms with E-state index in [9.17, 15) is 0 Å². The van der Waals surface area contributed by atoms with Gasteiger partial charge in [-0.2, -0.15) is 10.1 Å². The quantitative estimate of drug-likeness (QED) is 0.366. The predicted molar refractivity (Wildman–Crippen MR) is 128 cm³/mol. The lowest BCUT2D eigenvalue weighted by Gasteiger charge is -2.22. The number of fused-ring (bicyclic) bond motifs is 1. The number of ether oxygens (including phenoxy) is 2. The van der Waals surface area contributed by atoms with Crippen LogP contribution >= 0.6 is 0 Å². The Balaban J connectivity index is 2.06. The van der Waals surface area contributed by atoms with Crippen molar-refractivity contribution in [3.63, 3.8) is 0 Å². The number of benzene rings is 2. The molecule has 0 saturated heterocycles. The van der Waals surface area contributed by atoms with Crippen LogP contribution in [0.3, 0.4) is 0 Å². The monoisotopic (exact) mass is 421 g/mol. The minimum atomic E-state index is 0.621. The Bertz CT molecular complexity index is 1050. The van der Waals surface area contributed by atoms with Gasteiger partial charge in [0.25, 0.3) is 0 Å². The van der Waals surface area contributed by atoms with Crippen molar-refractivity contribution in [1.82, 2.24) is 9.97 Å². The Morgan fingerprint density at radius 2 is 1.71 bits per heavy atom. The van der Waals surface area contributed by atoms with Gasteiger partial charge in [-0.3, -0.25) is 5.43 Å². The summed E-state index contributed by atoms with van der Waals surface area (Å²) in [6.07, 6.45) is 3.82. The van der Waals surface area contributed by atoms with E-state index in [2.05, 4.69) is 48.3 Å². The first-order chi connectivity index (χ1) is 15.1. The van der Waals surface area contributed by atoms with Gasteiger partial charge in [0.05, 0.1) is 26.0 Å². The molecule has 0 radical (unpaired) electrons. The maximum atomic E-state index is 5.48. The average molecular weight is 422 g/mol. The van der Waals surface area contributed by atoms with Crippen molar-refractivity contribution in [2.75, 3.05) is 37.6 Å². The second-order valence-corrected chi connectivity index (χ2v) is 7.37. The molecule has 31 heavy (non-hydrogen) atoms. The van der Waals surface area contributed by atoms with Gasteiger partial charge in [0.15, 0.2) is 17.3 Å². The summed E-state index contributed by atoms with van der Waals surface area (Å²) in [6.45, 7) is 8.15. The summed E-state index contributed by atoms with van der Waals surface area (Å²) < 4.78 is 11.0. The van der Waals surface area contributed by atoms with Gasteiger partial charge in [-0.05, 0) is 31.4 Å². The van der Waals surface area contributed by atoms with Gasteiger partial charge in [-0.1, -0.05) is 43.7 Å². The minimum absolute atomic E-state index is 0.621. The maximum absolute atomic E-state index is 5.48. The van der Waals surface area contributed by atoms with E-state index >= 15 is 0 Å². The number of nitrogens with zero attached hydrogens (tertiary/aromatic N) is 4. The molecule has 0 unspecified atom stereocenters. The third kappa shape index (κ3) is 5.42. The average Bonchev–Trinajstić information content (AvgIpc) is 2.77. The summed E-state index contributed by atoms with van der Waals surface area (Å²) in [6, 6.07) is 11.9. The molecule has 0 bridgehead atoms. The molecular formula is C24H31N5O2. The lowest BCUT2D eigenvalue weighted by molar-refractivity contribution is 0.356. The van der Waals surface area contributed by atoms with Crippen LogP contribution in [0.5, 0.6) is 11.5 Å². The molecular weight excluding hydrogens is 390 g/mol. The van der Waals surface area contributed by atoms with Crippen LogP contribution in [0.1, 0.15) is 37.8 Å². The number of hydrogen-bond acceptors (Lipinski definition) is 7. The first-order valence-corrected chi connectivity index (χ1v) is 10.6. The smallest absolute Gasteiger partial charge is 0.227 e. The van der Waals surface area contributed by atoms with E-state index in [1.165, 1.54) is 5.56 Å². The van der Waals surface area contributed by atoms with Crippen molar-refractivity contribution in [3.8, 4) is 11.5 Å². The number of nitrogens with one attached hydrogen (secondary N) is 1. The summed E-state index contributed by atoms with van der Waals surface area (Å²) >= 11 is 0. The highest BCUT2D eigenvalue weighted by Gasteiger charge is 2.16. The Kier molecular flexibility index (Phi) is 7.65. The molecule has 0 aliphatic heterocycles. The molecule has 2 aromatic carbocycles. The summed E-state index contributed by atoms with van der Waals surface area (Å²) in [5, 5.41) is 5.25. The van der Waals surface area contributed by atoms with Crippen LogP contribution in [-0.2, 0) is 0 Å². The minimum Gasteiger partial charge on any atom is -0.493 e. The van der Waals surface area contributed by atoms with Gasteiger partial charge in [-0.15, -0.1) is 0 Å². The predicted octanol–water partition coefficient (Wildman–Crippen LogP) is 5.03. The van der Waals surface area contributed by atoms with Gasteiger partial charge >= 0.3 is 0 Å². The summed E-state index contributed by atoms with van der Waals surface area (Å²) in [7, 11) is 3.24. The lowest BCUT2D eigenvalue weighted by atomic mass is 10.2. The zero-order valence-electron chi connectivity index (χ0n) is 19.0. The Morgan fingerprint density at radius 1 is 1.00 bits per heavy atom. The van der Waals surface area contributed by atoms with E-state index in [0.29, 0.717) is 23.3 Å². The van der Waals surface area contributed by atoms with Gasteiger partial charge in [0.1, 0.15) is 0 Å². The van der Waals surface area contributed by atoms with E-state index in [1.54, 1.807) is 20.4 Å². The van der Waals surface area contributed by atoms with Crippen LogP contribution in [0.15, 0.2) is 41.5 Å². The van der Waals surface area contributed by atoms with Gasteiger partial charge in [0.2, 0.25) is 5.95 Å². The molecule has 1 N–H and O–H groups in total. The molecule has 0 aliphatic carbocycles. The molecule has 3 rings (SSSR count). The van der Waals surface area contributed by atoms with Crippen LogP contribution in [0.2, 0.25) is 0 Å². The third-order valence-corrected chi connectivity index (χ3v) is 4.89. The first kappa shape index (κ1) is 22.3. The SMILES string of the molecule is CCCN(CCC)c1nc(N/N=C/c2cccc(C)c2)c2cc(OC)c(OC)cc2n1. The van der Waals surface area contributed by atoms with Gasteiger partial charge in [0, 0.05) is 24.5 Å². The van der Waals surface area contributed by atoms with Crippen LogP contribution in [0.25, 0.3) is 10.9 Å². The molecule has 0 amide bonds. The van der Waals surface area contributed by atoms with Crippen LogP contribution < -0.4 is 19.8 Å². The zero-order valence-corrected chi connectivity index (χ0v) is 19.0. The topological polar surface area (TPSA) is 71.9 Å². The summed E-state index contributed by atoms with van der Waals surface area (Å²) in [5.74, 6) is 2.56. The molecule has 0 atom stereocenters.